The summed E-state index contributed by atoms with van der Waals surface area (Å²) in [7, 11) is 1.29. The smallest absolute Gasteiger partial charge is 0.347 e. The number of halogens is 1. The summed E-state index contributed by atoms with van der Waals surface area (Å²) in [5.41, 5.74) is -0.103. The van der Waals surface area contributed by atoms with Crippen molar-refractivity contribution in [3.05, 3.63) is 32.8 Å². The van der Waals surface area contributed by atoms with Crippen molar-refractivity contribution in [3.63, 3.8) is 0 Å². The molecule has 0 saturated heterocycles. The highest BCUT2D eigenvalue weighted by Gasteiger charge is 2.21. The van der Waals surface area contributed by atoms with E-state index in [1.54, 1.807) is 6.07 Å². The average Bonchev–Trinajstić information content (AvgIpc) is 2.41. The maximum absolute atomic E-state index is 11.6. The maximum atomic E-state index is 11.6. The zero-order valence-corrected chi connectivity index (χ0v) is 12.9. The molecule has 7 heteroatoms. The van der Waals surface area contributed by atoms with Crippen LogP contribution in [0.4, 0.5) is 5.69 Å². The number of hydrogen-bond acceptors (Lipinski definition) is 5. The number of esters is 1. The highest BCUT2D eigenvalue weighted by molar-refractivity contribution is 9.10. The zero-order chi connectivity index (χ0) is 15.1. The zero-order valence-electron chi connectivity index (χ0n) is 11.3. The van der Waals surface area contributed by atoms with Crippen LogP contribution >= 0.6 is 15.9 Å². The molecule has 0 fully saturated rings. The van der Waals surface area contributed by atoms with Crippen LogP contribution in [0.5, 0.6) is 5.75 Å². The number of methoxy groups -OCH3 is 1. The van der Waals surface area contributed by atoms with Gasteiger partial charge in [0.15, 0.2) is 6.10 Å². The van der Waals surface area contributed by atoms with E-state index in [1.165, 1.54) is 19.2 Å². The van der Waals surface area contributed by atoms with E-state index in [9.17, 15) is 14.9 Å². The van der Waals surface area contributed by atoms with Crippen molar-refractivity contribution in [1.82, 2.24) is 0 Å². The second-order valence-electron chi connectivity index (χ2n) is 4.17. The van der Waals surface area contributed by atoms with Crippen LogP contribution in [-0.2, 0) is 9.53 Å². The molecule has 6 nitrogen and oxygen atoms in total. The molecule has 0 radical (unpaired) electrons. The second kappa shape index (κ2) is 7.84. The normalized spacial score (nSPS) is 11.8. The Hall–Kier alpha value is -1.63. The number of nitro benzene ring substituents is 1. The van der Waals surface area contributed by atoms with E-state index >= 15 is 0 Å². The molecule has 20 heavy (non-hydrogen) atoms. The fourth-order valence-electron chi connectivity index (χ4n) is 1.63. The van der Waals surface area contributed by atoms with E-state index in [1.807, 2.05) is 6.92 Å². The Morgan fingerprint density at radius 1 is 1.45 bits per heavy atom. The van der Waals surface area contributed by atoms with Crippen LogP contribution in [0.25, 0.3) is 0 Å². The third-order valence-corrected chi connectivity index (χ3v) is 3.09. The lowest BCUT2D eigenvalue weighted by molar-refractivity contribution is -0.385. The predicted molar refractivity (Wildman–Crippen MR) is 76.8 cm³/mol. The molecule has 0 spiro atoms. The van der Waals surface area contributed by atoms with E-state index < -0.39 is 17.0 Å². The van der Waals surface area contributed by atoms with Gasteiger partial charge in [-0.15, -0.1) is 0 Å². The molecule has 1 aromatic rings. The first-order valence-corrected chi connectivity index (χ1v) is 6.96. The van der Waals surface area contributed by atoms with Crippen molar-refractivity contribution in [2.24, 2.45) is 0 Å². The number of non-ortho nitro benzene ring substituents is 1. The summed E-state index contributed by atoms with van der Waals surface area (Å²) < 4.78 is 10.7. The Morgan fingerprint density at radius 2 is 2.15 bits per heavy atom. The summed E-state index contributed by atoms with van der Waals surface area (Å²) in [6.45, 7) is 2.00. The van der Waals surface area contributed by atoms with Crippen LogP contribution in [-0.4, -0.2) is 24.1 Å². The number of nitro groups is 1. The van der Waals surface area contributed by atoms with Gasteiger partial charge in [-0.3, -0.25) is 10.1 Å². The average molecular weight is 346 g/mol. The molecule has 0 aliphatic heterocycles. The summed E-state index contributed by atoms with van der Waals surface area (Å²) in [6.07, 6.45) is 1.46. The SMILES string of the molecule is CCCCC(Oc1cc(Br)cc([N+](=O)[O-])c1)C(=O)OC. The second-order valence-corrected chi connectivity index (χ2v) is 5.09. The molecule has 0 N–H and O–H groups in total. The minimum Gasteiger partial charge on any atom is -0.478 e. The van der Waals surface area contributed by atoms with Gasteiger partial charge >= 0.3 is 5.97 Å². The lowest BCUT2D eigenvalue weighted by Crippen LogP contribution is -2.28. The van der Waals surface area contributed by atoms with Gasteiger partial charge in [0.05, 0.1) is 18.1 Å². The van der Waals surface area contributed by atoms with Gasteiger partial charge < -0.3 is 9.47 Å². The Morgan fingerprint density at radius 3 is 2.70 bits per heavy atom. The fraction of sp³-hybridized carbons (Fsp3) is 0.462. The van der Waals surface area contributed by atoms with Crippen LogP contribution in [0.2, 0.25) is 0 Å². The third kappa shape index (κ3) is 4.80. The van der Waals surface area contributed by atoms with Crippen molar-refractivity contribution in [1.29, 1.82) is 0 Å². The summed E-state index contributed by atoms with van der Waals surface area (Å²) in [6, 6.07) is 4.23. The topological polar surface area (TPSA) is 78.7 Å². The molecule has 0 amide bonds. The molecule has 0 aliphatic rings. The first-order valence-electron chi connectivity index (χ1n) is 6.17. The summed E-state index contributed by atoms with van der Waals surface area (Å²) in [5.74, 6) is -0.223. The number of rotatable bonds is 7. The lowest BCUT2D eigenvalue weighted by Gasteiger charge is -2.16. The van der Waals surface area contributed by atoms with Crippen LogP contribution in [0, 0.1) is 10.1 Å². The Balaban J connectivity index is 2.92. The van der Waals surface area contributed by atoms with Crippen molar-refractivity contribution < 1.29 is 19.2 Å². The molecule has 0 aromatic heterocycles. The van der Waals surface area contributed by atoms with Crippen molar-refractivity contribution in [2.75, 3.05) is 7.11 Å². The predicted octanol–water partition coefficient (Wildman–Crippen LogP) is 3.47. The van der Waals surface area contributed by atoms with Crippen LogP contribution in [0.15, 0.2) is 22.7 Å². The van der Waals surface area contributed by atoms with Crippen LogP contribution in [0.1, 0.15) is 26.2 Å². The Labute approximate surface area is 125 Å². The highest BCUT2D eigenvalue weighted by Crippen LogP contribution is 2.27. The van der Waals surface area contributed by atoms with Gasteiger partial charge in [-0.05, 0) is 18.9 Å². The summed E-state index contributed by atoms with van der Waals surface area (Å²) in [5, 5.41) is 10.8. The molecule has 0 saturated carbocycles. The fourth-order valence-corrected chi connectivity index (χ4v) is 2.09. The lowest BCUT2D eigenvalue weighted by atomic mass is 10.1. The van der Waals surface area contributed by atoms with Gasteiger partial charge in [0.2, 0.25) is 0 Å². The Bertz CT molecular complexity index is 492. The van der Waals surface area contributed by atoms with E-state index in [-0.39, 0.29) is 11.4 Å². The minimum absolute atomic E-state index is 0.103. The van der Waals surface area contributed by atoms with Gasteiger partial charge in [0.1, 0.15) is 5.75 Å². The molecule has 1 rings (SSSR count). The molecule has 0 bridgehead atoms. The van der Waals surface area contributed by atoms with Gasteiger partial charge in [-0.25, -0.2) is 4.79 Å². The van der Waals surface area contributed by atoms with E-state index in [0.29, 0.717) is 10.9 Å². The maximum Gasteiger partial charge on any atom is 0.347 e. The number of benzene rings is 1. The first kappa shape index (κ1) is 16.4. The third-order valence-electron chi connectivity index (χ3n) is 2.63. The molecular weight excluding hydrogens is 330 g/mol. The van der Waals surface area contributed by atoms with Gasteiger partial charge in [0.25, 0.3) is 5.69 Å². The number of ether oxygens (including phenoxy) is 2. The van der Waals surface area contributed by atoms with E-state index in [2.05, 4.69) is 20.7 Å². The van der Waals surface area contributed by atoms with Crippen molar-refractivity contribution in [2.45, 2.75) is 32.3 Å². The van der Waals surface area contributed by atoms with Crippen molar-refractivity contribution in [3.8, 4) is 5.75 Å². The van der Waals surface area contributed by atoms with Crippen molar-refractivity contribution >= 4 is 27.6 Å². The minimum atomic E-state index is -0.756. The molecule has 1 atom stereocenters. The molecular formula is C13H16BrNO5. The quantitative estimate of drug-likeness (QED) is 0.429. The monoisotopic (exact) mass is 345 g/mol. The molecule has 110 valence electrons. The summed E-state index contributed by atoms with van der Waals surface area (Å²) in [4.78, 5) is 21.9. The van der Waals surface area contributed by atoms with E-state index in [4.69, 9.17) is 4.74 Å². The number of carbonyl (C=O) groups is 1. The van der Waals surface area contributed by atoms with Gasteiger partial charge in [0, 0.05) is 10.5 Å². The van der Waals surface area contributed by atoms with Gasteiger partial charge in [-0.2, -0.15) is 0 Å². The largest absolute Gasteiger partial charge is 0.478 e. The van der Waals surface area contributed by atoms with Gasteiger partial charge in [-0.1, -0.05) is 29.3 Å². The van der Waals surface area contributed by atoms with Crippen LogP contribution < -0.4 is 4.74 Å². The Kier molecular flexibility index (Phi) is 6.44. The summed E-state index contributed by atoms with van der Waals surface area (Å²) >= 11 is 3.18. The van der Waals surface area contributed by atoms with E-state index in [0.717, 1.165) is 12.8 Å². The van der Waals surface area contributed by atoms with Crippen LogP contribution in [0.3, 0.4) is 0 Å². The first-order chi connectivity index (χ1) is 9.47. The standard InChI is InChI=1S/C13H16BrNO5/c1-3-4-5-12(13(16)19-2)20-11-7-9(14)6-10(8-11)15(17)18/h6-8,12H,3-5H2,1-2H3. The molecule has 1 aromatic carbocycles. The number of carbonyl (C=O) groups excluding carboxylic acids is 1. The number of nitrogens with zero attached hydrogens (tertiary/aromatic N) is 1. The number of hydrogen-bond donors (Lipinski definition) is 0. The molecule has 0 aliphatic carbocycles. The number of unbranched alkanes of at least 4 members (excludes halogenated alkanes) is 1. The molecule has 1 unspecified atom stereocenters. The highest BCUT2D eigenvalue weighted by atomic mass is 79.9. The molecule has 0 heterocycles.